The molecule has 1 aromatic rings. The average Bonchev–Trinajstić information content (AvgIpc) is 2.38. The standard InChI is InChI=1S/C13H20N2OS/c1-2-10-5-3-4-6-12(10)17(16)13-7-8-15-9-11(13)14/h7-10,12H,2-6,14H2,1H3. The summed E-state index contributed by atoms with van der Waals surface area (Å²) in [6.07, 6.45) is 9.12. The fourth-order valence-electron chi connectivity index (χ4n) is 2.66. The van der Waals surface area contributed by atoms with Gasteiger partial charge in [0.2, 0.25) is 0 Å². The second kappa shape index (κ2) is 5.63. The van der Waals surface area contributed by atoms with Crippen molar-refractivity contribution >= 4 is 16.5 Å². The first-order chi connectivity index (χ1) is 8.24. The Morgan fingerprint density at radius 3 is 2.94 bits per heavy atom. The van der Waals surface area contributed by atoms with Crippen LogP contribution in [0.25, 0.3) is 0 Å². The molecule has 1 aromatic heterocycles. The first-order valence-electron chi connectivity index (χ1n) is 6.34. The van der Waals surface area contributed by atoms with Crippen molar-refractivity contribution < 1.29 is 4.21 Å². The second-order valence-corrected chi connectivity index (χ2v) is 6.34. The molecule has 17 heavy (non-hydrogen) atoms. The highest BCUT2D eigenvalue weighted by atomic mass is 32.2. The zero-order chi connectivity index (χ0) is 12.3. The predicted molar refractivity (Wildman–Crippen MR) is 71.1 cm³/mol. The lowest BCUT2D eigenvalue weighted by atomic mass is 9.87. The summed E-state index contributed by atoms with van der Waals surface area (Å²) in [5.41, 5.74) is 6.42. The van der Waals surface area contributed by atoms with Gasteiger partial charge in [0.05, 0.1) is 27.6 Å². The number of nitrogens with two attached hydrogens (primary N) is 1. The van der Waals surface area contributed by atoms with Gasteiger partial charge >= 0.3 is 0 Å². The summed E-state index contributed by atoms with van der Waals surface area (Å²) in [6.45, 7) is 2.19. The normalized spacial score (nSPS) is 26.6. The summed E-state index contributed by atoms with van der Waals surface area (Å²) in [5, 5.41) is 0.276. The number of nitrogen functional groups attached to an aromatic ring is 1. The summed E-state index contributed by atoms with van der Waals surface area (Å²) in [6, 6.07) is 1.80. The van der Waals surface area contributed by atoms with E-state index in [1.165, 1.54) is 19.3 Å². The molecule has 0 spiro atoms. The molecule has 2 rings (SSSR count). The summed E-state index contributed by atoms with van der Waals surface area (Å²) >= 11 is 0. The molecule has 3 nitrogen and oxygen atoms in total. The lowest BCUT2D eigenvalue weighted by Crippen LogP contribution is -2.29. The third kappa shape index (κ3) is 2.68. The van der Waals surface area contributed by atoms with Crippen molar-refractivity contribution in [3.63, 3.8) is 0 Å². The van der Waals surface area contributed by atoms with Crippen molar-refractivity contribution in [1.82, 2.24) is 4.98 Å². The second-order valence-electron chi connectivity index (χ2n) is 4.70. The molecule has 0 saturated heterocycles. The van der Waals surface area contributed by atoms with Crippen LogP contribution in [0.3, 0.4) is 0 Å². The monoisotopic (exact) mass is 252 g/mol. The van der Waals surface area contributed by atoms with Crippen LogP contribution in [-0.4, -0.2) is 14.4 Å². The molecule has 3 unspecified atom stereocenters. The summed E-state index contributed by atoms with van der Waals surface area (Å²) in [5.74, 6) is 0.581. The molecule has 94 valence electrons. The first kappa shape index (κ1) is 12.6. The van der Waals surface area contributed by atoms with Crippen molar-refractivity contribution in [2.24, 2.45) is 5.92 Å². The molecule has 0 radical (unpaired) electrons. The third-order valence-electron chi connectivity index (χ3n) is 3.67. The number of hydrogen-bond donors (Lipinski definition) is 1. The largest absolute Gasteiger partial charge is 0.396 e. The first-order valence-corrected chi connectivity index (χ1v) is 7.55. The van der Waals surface area contributed by atoms with E-state index in [1.54, 1.807) is 18.5 Å². The molecule has 1 aliphatic carbocycles. The number of rotatable bonds is 3. The summed E-state index contributed by atoms with van der Waals surface area (Å²) < 4.78 is 12.6. The van der Waals surface area contributed by atoms with Gasteiger partial charge < -0.3 is 5.73 Å². The van der Waals surface area contributed by atoms with Gasteiger partial charge in [0.15, 0.2) is 0 Å². The molecule has 1 aliphatic rings. The van der Waals surface area contributed by atoms with Crippen LogP contribution in [0.5, 0.6) is 0 Å². The maximum Gasteiger partial charge on any atom is 0.0664 e. The fraction of sp³-hybridized carbons (Fsp3) is 0.615. The highest BCUT2D eigenvalue weighted by Crippen LogP contribution is 2.33. The van der Waals surface area contributed by atoms with E-state index in [0.717, 1.165) is 17.7 Å². The maximum absolute atomic E-state index is 12.6. The topological polar surface area (TPSA) is 56.0 Å². The number of nitrogens with zero attached hydrogens (tertiary/aromatic N) is 1. The van der Waals surface area contributed by atoms with Crippen LogP contribution in [-0.2, 0) is 10.8 Å². The minimum atomic E-state index is -0.976. The molecule has 1 saturated carbocycles. The van der Waals surface area contributed by atoms with Gasteiger partial charge in [-0.2, -0.15) is 0 Å². The minimum absolute atomic E-state index is 0.276. The lowest BCUT2D eigenvalue weighted by Gasteiger charge is -2.30. The molecule has 0 bridgehead atoms. The molecule has 3 atom stereocenters. The van der Waals surface area contributed by atoms with Crippen LogP contribution in [0.15, 0.2) is 23.4 Å². The van der Waals surface area contributed by atoms with E-state index in [9.17, 15) is 4.21 Å². The van der Waals surface area contributed by atoms with Gasteiger partial charge in [0, 0.05) is 11.4 Å². The Balaban J connectivity index is 2.21. The Labute approximate surface area is 105 Å². The van der Waals surface area contributed by atoms with E-state index in [2.05, 4.69) is 11.9 Å². The number of hydrogen-bond acceptors (Lipinski definition) is 3. The van der Waals surface area contributed by atoms with Crippen LogP contribution in [0.4, 0.5) is 5.69 Å². The van der Waals surface area contributed by atoms with Crippen LogP contribution >= 0.6 is 0 Å². The van der Waals surface area contributed by atoms with Crippen molar-refractivity contribution in [3.8, 4) is 0 Å². The van der Waals surface area contributed by atoms with E-state index in [4.69, 9.17) is 5.73 Å². The lowest BCUT2D eigenvalue weighted by molar-refractivity contribution is 0.355. The van der Waals surface area contributed by atoms with Crippen LogP contribution < -0.4 is 5.73 Å². The van der Waals surface area contributed by atoms with Gasteiger partial charge in [-0.3, -0.25) is 9.19 Å². The number of anilines is 1. The van der Waals surface area contributed by atoms with Crippen molar-refractivity contribution in [1.29, 1.82) is 0 Å². The Hall–Kier alpha value is -0.900. The van der Waals surface area contributed by atoms with Gasteiger partial charge in [0.1, 0.15) is 0 Å². The molecular weight excluding hydrogens is 232 g/mol. The molecule has 2 N–H and O–H groups in total. The van der Waals surface area contributed by atoms with E-state index in [1.807, 2.05) is 0 Å². The molecule has 0 aromatic carbocycles. The van der Waals surface area contributed by atoms with Crippen molar-refractivity contribution in [2.45, 2.75) is 49.2 Å². The van der Waals surface area contributed by atoms with E-state index < -0.39 is 10.8 Å². The number of aromatic nitrogens is 1. The Morgan fingerprint density at radius 2 is 2.24 bits per heavy atom. The maximum atomic E-state index is 12.6. The zero-order valence-electron chi connectivity index (χ0n) is 10.3. The highest BCUT2D eigenvalue weighted by molar-refractivity contribution is 7.85. The van der Waals surface area contributed by atoms with E-state index in [0.29, 0.717) is 11.6 Å². The van der Waals surface area contributed by atoms with Gasteiger partial charge in [0.25, 0.3) is 0 Å². The molecule has 1 fully saturated rings. The van der Waals surface area contributed by atoms with Gasteiger partial charge in [-0.15, -0.1) is 0 Å². The van der Waals surface area contributed by atoms with Crippen LogP contribution in [0.1, 0.15) is 39.0 Å². The Bertz CT molecular complexity index is 408. The average molecular weight is 252 g/mol. The fourth-order valence-corrected chi connectivity index (χ4v) is 4.53. The van der Waals surface area contributed by atoms with Gasteiger partial charge in [-0.1, -0.05) is 26.2 Å². The molecule has 1 heterocycles. The quantitative estimate of drug-likeness (QED) is 0.900. The van der Waals surface area contributed by atoms with Crippen molar-refractivity contribution in [2.75, 3.05) is 5.73 Å². The van der Waals surface area contributed by atoms with E-state index in [-0.39, 0.29) is 5.25 Å². The Morgan fingerprint density at radius 1 is 1.47 bits per heavy atom. The highest BCUT2D eigenvalue weighted by Gasteiger charge is 2.30. The zero-order valence-corrected chi connectivity index (χ0v) is 11.1. The smallest absolute Gasteiger partial charge is 0.0664 e. The van der Waals surface area contributed by atoms with E-state index >= 15 is 0 Å². The third-order valence-corrected chi connectivity index (χ3v) is 5.64. The summed E-state index contributed by atoms with van der Waals surface area (Å²) in [4.78, 5) is 4.72. The summed E-state index contributed by atoms with van der Waals surface area (Å²) in [7, 11) is -0.976. The van der Waals surface area contributed by atoms with Crippen LogP contribution in [0, 0.1) is 5.92 Å². The SMILES string of the molecule is CCC1CCCCC1S(=O)c1ccncc1N. The van der Waals surface area contributed by atoms with Gasteiger partial charge in [-0.05, 0) is 24.8 Å². The molecule has 0 amide bonds. The predicted octanol–water partition coefficient (Wildman–Crippen LogP) is 2.74. The molecule has 4 heteroatoms. The minimum Gasteiger partial charge on any atom is -0.396 e. The van der Waals surface area contributed by atoms with Crippen LogP contribution in [0.2, 0.25) is 0 Å². The number of pyridine rings is 1. The van der Waals surface area contributed by atoms with Gasteiger partial charge in [-0.25, -0.2) is 0 Å². The van der Waals surface area contributed by atoms with Crippen molar-refractivity contribution in [3.05, 3.63) is 18.5 Å². The molecular formula is C13H20N2OS. The molecule has 0 aliphatic heterocycles. The Kier molecular flexibility index (Phi) is 4.15.